The van der Waals surface area contributed by atoms with Crippen LogP contribution in [0.1, 0.15) is 6.42 Å². The van der Waals surface area contributed by atoms with Gasteiger partial charge < -0.3 is 10.1 Å². The average molecular weight is 234 g/mol. The molecular weight excluding hydrogens is 220 g/mol. The molecule has 0 aliphatic rings. The lowest BCUT2D eigenvalue weighted by Crippen LogP contribution is -2.06. The van der Waals surface area contributed by atoms with E-state index in [2.05, 4.69) is 10.3 Å². The molecule has 4 heteroatoms. The Kier molecular flexibility index (Phi) is 4.19. The highest BCUT2D eigenvalue weighted by atomic mass is 32.1. The maximum absolute atomic E-state index is 5.57. The molecule has 0 radical (unpaired) electrons. The number of anilines is 1. The normalized spacial score (nSPS) is 10.0. The third-order valence-electron chi connectivity index (χ3n) is 2.04. The van der Waals surface area contributed by atoms with Crippen molar-refractivity contribution in [1.82, 2.24) is 4.98 Å². The molecule has 0 saturated carbocycles. The number of rotatable bonds is 6. The van der Waals surface area contributed by atoms with E-state index in [-0.39, 0.29) is 0 Å². The fourth-order valence-electron chi connectivity index (χ4n) is 1.28. The molecule has 0 saturated heterocycles. The molecule has 0 aliphatic heterocycles. The maximum Gasteiger partial charge on any atom is 0.182 e. The topological polar surface area (TPSA) is 34.1 Å². The molecule has 1 heterocycles. The van der Waals surface area contributed by atoms with E-state index in [9.17, 15) is 0 Å². The molecule has 84 valence electrons. The predicted octanol–water partition coefficient (Wildman–Crippen LogP) is 3.02. The molecule has 1 aromatic carbocycles. The van der Waals surface area contributed by atoms with E-state index in [1.165, 1.54) is 0 Å². The Morgan fingerprint density at radius 3 is 2.88 bits per heavy atom. The number of hydrogen-bond donors (Lipinski definition) is 1. The molecular formula is C12H14N2OS. The summed E-state index contributed by atoms with van der Waals surface area (Å²) in [5, 5.41) is 6.17. The highest BCUT2D eigenvalue weighted by molar-refractivity contribution is 7.13. The molecule has 16 heavy (non-hydrogen) atoms. The number of thiazole rings is 1. The summed E-state index contributed by atoms with van der Waals surface area (Å²) >= 11 is 1.61. The van der Waals surface area contributed by atoms with Crippen LogP contribution in [0.15, 0.2) is 41.9 Å². The minimum absolute atomic E-state index is 0.725. The van der Waals surface area contributed by atoms with Crippen LogP contribution < -0.4 is 10.1 Å². The molecule has 0 bridgehead atoms. The zero-order valence-electron chi connectivity index (χ0n) is 8.93. The lowest BCUT2D eigenvalue weighted by atomic mass is 10.3. The van der Waals surface area contributed by atoms with Crippen molar-refractivity contribution < 1.29 is 4.74 Å². The molecule has 3 nitrogen and oxygen atoms in total. The zero-order chi connectivity index (χ0) is 11.1. The van der Waals surface area contributed by atoms with Gasteiger partial charge in [0.1, 0.15) is 5.75 Å². The summed E-state index contributed by atoms with van der Waals surface area (Å²) in [5.74, 6) is 0.928. The van der Waals surface area contributed by atoms with Crippen molar-refractivity contribution in [3.8, 4) is 5.75 Å². The SMILES string of the molecule is c1ccc(OCCCNc2nccs2)cc1. The lowest BCUT2D eigenvalue weighted by molar-refractivity contribution is 0.315. The first-order valence-corrected chi connectivity index (χ1v) is 6.14. The summed E-state index contributed by atoms with van der Waals surface area (Å²) in [6.45, 7) is 1.61. The summed E-state index contributed by atoms with van der Waals surface area (Å²) in [7, 11) is 0. The van der Waals surface area contributed by atoms with Gasteiger partial charge >= 0.3 is 0 Å². The molecule has 2 aromatic rings. The van der Waals surface area contributed by atoms with Crippen molar-refractivity contribution in [1.29, 1.82) is 0 Å². The van der Waals surface area contributed by atoms with Crippen LogP contribution in [-0.2, 0) is 0 Å². The van der Waals surface area contributed by atoms with Crippen LogP contribution in [0, 0.1) is 0 Å². The Bertz CT molecular complexity index is 389. The smallest absolute Gasteiger partial charge is 0.182 e. The fraction of sp³-hybridized carbons (Fsp3) is 0.250. The summed E-state index contributed by atoms with van der Waals surface area (Å²) in [6.07, 6.45) is 2.77. The Morgan fingerprint density at radius 2 is 2.12 bits per heavy atom. The Morgan fingerprint density at radius 1 is 1.25 bits per heavy atom. The summed E-state index contributed by atoms with van der Waals surface area (Å²) in [5.41, 5.74) is 0. The van der Waals surface area contributed by atoms with Crippen LogP contribution in [-0.4, -0.2) is 18.1 Å². The van der Waals surface area contributed by atoms with Crippen molar-refractivity contribution >= 4 is 16.5 Å². The molecule has 2 rings (SSSR count). The second-order valence-corrected chi connectivity index (χ2v) is 4.17. The molecule has 0 aliphatic carbocycles. The molecule has 0 amide bonds. The highest BCUT2D eigenvalue weighted by Crippen LogP contribution is 2.10. The van der Waals surface area contributed by atoms with Gasteiger partial charge in [-0.3, -0.25) is 0 Å². The number of benzene rings is 1. The van der Waals surface area contributed by atoms with Gasteiger partial charge in [0.15, 0.2) is 5.13 Å². The van der Waals surface area contributed by atoms with Crippen LogP contribution in [0.4, 0.5) is 5.13 Å². The molecule has 0 unspecified atom stereocenters. The van der Waals surface area contributed by atoms with Crippen molar-refractivity contribution in [2.75, 3.05) is 18.5 Å². The van der Waals surface area contributed by atoms with E-state index in [0.29, 0.717) is 0 Å². The first kappa shape index (κ1) is 11.0. The van der Waals surface area contributed by atoms with Crippen LogP contribution in [0.3, 0.4) is 0 Å². The van der Waals surface area contributed by atoms with Crippen LogP contribution in [0.2, 0.25) is 0 Å². The summed E-state index contributed by atoms with van der Waals surface area (Å²) < 4.78 is 5.57. The van der Waals surface area contributed by atoms with E-state index in [1.54, 1.807) is 17.5 Å². The van der Waals surface area contributed by atoms with E-state index in [4.69, 9.17) is 4.74 Å². The largest absolute Gasteiger partial charge is 0.494 e. The molecule has 0 spiro atoms. The second-order valence-electron chi connectivity index (χ2n) is 3.28. The molecule has 0 atom stereocenters. The van der Waals surface area contributed by atoms with Gasteiger partial charge in [-0.25, -0.2) is 4.98 Å². The van der Waals surface area contributed by atoms with Crippen molar-refractivity contribution in [3.05, 3.63) is 41.9 Å². The van der Waals surface area contributed by atoms with E-state index < -0.39 is 0 Å². The van der Waals surface area contributed by atoms with Gasteiger partial charge in [0.25, 0.3) is 0 Å². The Balaban J connectivity index is 1.59. The lowest BCUT2D eigenvalue weighted by Gasteiger charge is -2.05. The first-order chi connectivity index (χ1) is 7.95. The van der Waals surface area contributed by atoms with Gasteiger partial charge in [-0.1, -0.05) is 18.2 Å². The zero-order valence-corrected chi connectivity index (χ0v) is 9.74. The van der Waals surface area contributed by atoms with E-state index in [0.717, 1.165) is 30.5 Å². The number of para-hydroxylation sites is 1. The molecule has 1 aromatic heterocycles. The van der Waals surface area contributed by atoms with Gasteiger partial charge in [-0.15, -0.1) is 11.3 Å². The maximum atomic E-state index is 5.57. The third-order valence-corrected chi connectivity index (χ3v) is 2.77. The van der Waals surface area contributed by atoms with Gasteiger partial charge in [0.2, 0.25) is 0 Å². The standard InChI is InChI=1S/C12H14N2OS/c1-2-5-11(6-3-1)15-9-4-7-13-12-14-8-10-16-12/h1-3,5-6,8,10H,4,7,9H2,(H,13,14). The summed E-state index contributed by atoms with van der Waals surface area (Å²) in [4.78, 5) is 4.14. The Labute approximate surface area is 99.1 Å². The Hall–Kier alpha value is -1.55. The van der Waals surface area contributed by atoms with Crippen LogP contribution in [0.25, 0.3) is 0 Å². The number of nitrogens with one attached hydrogen (secondary N) is 1. The van der Waals surface area contributed by atoms with Gasteiger partial charge in [-0.2, -0.15) is 0 Å². The number of hydrogen-bond acceptors (Lipinski definition) is 4. The quantitative estimate of drug-likeness (QED) is 0.780. The number of nitrogens with zero attached hydrogens (tertiary/aromatic N) is 1. The van der Waals surface area contributed by atoms with E-state index >= 15 is 0 Å². The van der Waals surface area contributed by atoms with Gasteiger partial charge in [-0.05, 0) is 18.6 Å². The predicted molar refractivity (Wildman–Crippen MR) is 67.2 cm³/mol. The van der Waals surface area contributed by atoms with Crippen molar-refractivity contribution in [2.45, 2.75) is 6.42 Å². The second kappa shape index (κ2) is 6.12. The van der Waals surface area contributed by atoms with Crippen LogP contribution in [0.5, 0.6) is 5.75 Å². The average Bonchev–Trinajstić information content (AvgIpc) is 2.83. The summed E-state index contributed by atoms with van der Waals surface area (Å²) in [6, 6.07) is 9.87. The highest BCUT2D eigenvalue weighted by Gasteiger charge is 1.94. The minimum Gasteiger partial charge on any atom is -0.494 e. The number of aromatic nitrogens is 1. The van der Waals surface area contributed by atoms with E-state index in [1.807, 2.05) is 35.7 Å². The van der Waals surface area contributed by atoms with Gasteiger partial charge in [0.05, 0.1) is 6.61 Å². The monoisotopic (exact) mass is 234 g/mol. The first-order valence-electron chi connectivity index (χ1n) is 5.26. The number of ether oxygens (including phenoxy) is 1. The third kappa shape index (κ3) is 3.55. The van der Waals surface area contributed by atoms with Crippen LogP contribution >= 0.6 is 11.3 Å². The molecule has 1 N–H and O–H groups in total. The molecule has 0 fully saturated rings. The van der Waals surface area contributed by atoms with Gasteiger partial charge in [0, 0.05) is 18.1 Å². The van der Waals surface area contributed by atoms with Crippen molar-refractivity contribution in [3.63, 3.8) is 0 Å². The van der Waals surface area contributed by atoms with Crippen molar-refractivity contribution in [2.24, 2.45) is 0 Å². The fourth-order valence-corrected chi connectivity index (χ4v) is 1.84. The minimum atomic E-state index is 0.725.